The van der Waals surface area contributed by atoms with Crippen molar-refractivity contribution in [1.29, 1.82) is 0 Å². The molecular formula is C8H16N2. The summed E-state index contributed by atoms with van der Waals surface area (Å²) in [6.45, 7) is 7.63. The first-order chi connectivity index (χ1) is 4.58. The largest absolute Gasteiger partial charge is 0.372 e. The summed E-state index contributed by atoms with van der Waals surface area (Å²) in [6.07, 6.45) is 3.19. The van der Waals surface area contributed by atoms with Crippen LogP contribution in [0.25, 0.3) is 0 Å². The minimum atomic E-state index is 0.394. The van der Waals surface area contributed by atoms with Crippen LogP contribution in [0.3, 0.4) is 0 Å². The molecule has 0 aromatic rings. The van der Waals surface area contributed by atoms with Gasteiger partial charge in [0.25, 0.3) is 0 Å². The smallest absolute Gasteiger partial charge is 0.0843 e. The van der Waals surface area contributed by atoms with E-state index in [9.17, 15) is 0 Å². The van der Waals surface area contributed by atoms with E-state index in [1.807, 2.05) is 0 Å². The van der Waals surface area contributed by atoms with Crippen LogP contribution in [0.1, 0.15) is 27.2 Å². The molecule has 0 fully saturated rings. The minimum absolute atomic E-state index is 0.394. The lowest BCUT2D eigenvalue weighted by Gasteiger charge is -2.18. The van der Waals surface area contributed by atoms with Crippen molar-refractivity contribution in [2.24, 2.45) is 5.41 Å². The molecule has 58 valence electrons. The second kappa shape index (κ2) is 2.52. The van der Waals surface area contributed by atoms with Crippen molar-refractivity contribution in [3.8, 4) is 0 Å². The van der Waals surface area contributed by atoms with Crippen LogP contribution in [0.4, 0.5) is 0 Å². The molecule has 0 amide bonds. The molecule has 2 nitrogen and oxygen atoms in total. The van der Waals surface area contributed by atoms with Gasteiger partial charge in [0.1, 0.15) is 0 Å². The fourth-order valence-electron chi connectivity index (χ4n) is 1.07. The number of rotatable bonds is 1. The second-order valence-electron chi connectivity index (χ2n) is 3.96. The van der Waals surface area contributed by atoms with Crippen molar-refractivity contribution in [3.05, 3.63) is 11.9 Å². The fraction of sp³-hybridized carbons (Fsp3) is 0.750. The highest BCUT2D eigenvalue weighted by molar-refractivity contribution is 5.04. The third-order valence-corrected chi connectivity index (χ3v) is 1.41. The molecule has 0 bridgehead atoms. The summed E-state index contributed by atoms with van der Waals surface area (Å²) in [4.78, 5) is 0. The summed E-state index contributed by atoms with van der Waals surface area (Å²) in [6, 6.07) is 0. The Balaban J connectivity index is 2.38. The summed E-state index contributed by atoms with van der Waals surface area (Å²) in [5.74, 6) is 0. The van der Waals surface area contributed by atoms with Crippen LogP contribution in [0.2, 0.25) is 0 Å². The van der Waals surface area contributed by atoms with E-state index in [1.54, 1.807) is 0 Å². The second-order valence-corrected chi connectivity index (χ2v) is 3.96. The molecule has 1 aliphatic heterocycles. The Bertz CT molecular complexity index is 142. The molecule has 0 aromatic heterocycles. The highest BCUT2D eigenvalue weighted by Gasteiger charge is 2.14. The summed E-state index contributed by atoms with van der Waals surface area (Å²) in [5.41, 5.74) is 1.72. The maximum atomic E-state index is 3.26. The van der Waals surface area contributed by atoms with E-state index in [0.717, 1.165) is 13.1 Å². The van der Waals surface area contributed by atoms with Gasteiger partial charge in [-0.2, -0.15) is 0 Å². The van der Waals surface area contributed by atoms with E-state index in [1.165, 1.54) is 5.70 Å². The monoisotopic (exact) mass is 140 g/mol. The van der Waals surface area contributed by atoms with Crippen molar-refractivity contribution < 1.29 is 0 Å². The number of hydrogen-bond acceptors (Lipinski definition) is 2. The molecule has 0 aliphatic carbocycles. The molecule has 2 N–H and O–H groups in total. The predicted molar refractivity (Wildman–Crippen MR) is 43.3 cm³/mol. The summed E-state index contributed by atoms with van der Waals surface area (Å²) >= 11 is 0. The van der Waals surface area contributed by atoms with Crippen LogP contribution in [-0.2, 0) is 0 Å². The molecule has 10 heavy (non-hydrogen) atoms. The summed E-state index contributed by atoms with van der Waals surface area (Å²) in [7, 11) is 0. The van der Waals surface area contributed by atoms with Gasteiger partial charge in [-0.15, -0.1) is 0 Å². The first-order valence-corrected chi connectivity index (χ1v) is 3.74. The Kier molecular flexibility index (Phi) is 1.88. The first kappa shape index (κ1) is 7.45. The molecule has 1 aliphatic rings. The van der Waals surface area contributed by atoms with Gasteiger partial charge in [-0.05, 0) is 11.8 Å². The Hall–Kier alpha value is -0.660. The Labute approximate surface area is 62.7 Å². The van der Waals surface area contributed by atoms with E-state index in [2.05, 4.69) is 37.6 Å². The zero-order valence-corrected chi connectivity index (χ0v) is 6.99. The van der Waals surface area contributed by atoms with E-state index in [0.29, 0.717) is 5.41 Å². The lowest BCUT2D eigenvalue weighted by Crippen LogP contribution is -2.17. The maximum absolute atomic E-state index is 3.26. The van der Waals surface area contributed by atoms with Crippen molar-refractivity contribution in [2.75, 3.05) is 6.67 Å². The highest BCUT2D eigenvalue weighted by Crippen LogP contribution is 2.22. The number of nitrogens with one attached hydrogen (secondary N) is 2. The predicted octanol–water partition coefficient (Wildman–Crippen LogP) is 1.41. The summed E-state index contributed by atoms with van der Waals surface area (Å²) in [5, 5.41) is 6.38. The van der Waals surface area contributed by atoms with E-state index < -0.39 is 0 Å². The normalized spacial score (nSPS) is 17.7. The SMILES string of the molecule is CC(C)(C)CC1=CNCN1. The standard InChI is InChI=1S/C8H16N2/c1-8(2,3)4-7-5-9-6-10-7/h5,9-10H,4,6H2,1-3H3. The Morgan fingerprint density at radius 2 is 2.20 bits per heavy atom. The maximum Gasteiger partial charge on any atom is 0.0843 e. The fourth-order valence-corrected chi connectivity index (χ4v) is 1.07. The Morgan fingerprint density at radius 3 is 2.60 bits per heavy atom. The third-order valence-electron chi connectivity index (χ3n) is 1.41. The van der Waals surface area contributed by atoms with Crippen LogP contribution in [0.15, 0.2) is 11.9 Å². The number of hydrogen-bond donors (Lipinski definition) is 2. The molecule has 0 radical (unpaired) electrons. The van der Waals surface area contributed by atoms with Crippen LogP contribution in [0.5, 0.6) is 0 Å². The quantitative estimate of drug-likeness (QED) is 0.575. The van der Waals surface area contributed by atoms with Crippen LogP contribution >= 0.6 is 0 Å². The van der Waals surface area contributed by atoms with Gasteiger partial charge >= 0.3 is 0 Å². The van der Waals surface area contributed by atoms with Gasteiger partial charge in [-0.3, -0.25) is 0 Å². The van der Waals surface area contributed by atoms with Gasteiger partial charge in [-0.25, -0.2) is 0 Å². The molecule has 1 rings (SSSR count). The molecule has 0 atom stereocenters. The van der Waals surface area contributed by atoms with Crippen molar-refractivity contribution in [1.82, 2.24) is 10.6 Å². The Morgan fingerprint density at radius 1 is 1.50 bits per heavy atom. The van der Waals surface area contributed by atoms with E-state index in [4.69, 9.17) is 0 Å². The van der Waals surface area contributed by atoms with Gasteiger partial charge in [-0.1, -0.05) is 20.8 Å². The average molecular weight is 140 g/mol. The number of allylic oxidation sites excluding steroid dienone is 1. The minimum Gasteiger partial charge on any atom is -0.372 e. The van der Waals surface area contributed by atoms with E-state index >= 15 is 0 Å². The topological polar surface area (TPSA) is 24.1 Å². The third kappa shape index (κ3) is 2.29. The van der Waals surface area contributed by atoms with Gasteiger partial charge < -0.3 is 10.6 Å². The van der Waals surface area contributed by atoms with Crippen LogP contribution in [0, 0.1) is 5.41 Å². The zero-order valence-electron chi connectivity index (χ0n) is 6.99. The van der Waals surface area contributed by atoms with Gasteiger partial charge in [0.2, 0.25) is 0 Å². The molecule has 1 heterocycles. The average Bonchev–Trinajstić information content (AvgIpc) is 2.12. The highest BCUT2D eigenvalue weighted by atomic mass is 15.1. The molecular weight excluding hydrogens is 124 g/mol. The summed E-state index contributed by atoms with van der Waals surface area (Å²) < 4.78 is 0. The molecule has 0 saturated carbocycles. The van der Waals surface area contributed by atoms with Gasteiger partial charge in [0.15, 0.2) is 0 Å². The first-order valence-electron chi connectivity index (χ1n) is 3.74. The van der Waals surface area contributed by atoms with Crippen LogP contribution in [-0.4, -0.2) is 6.67 Å². The van der Waals surface area contributed by atoms with Gasteiger partial charge in [0, 0.05) is 11.9 Å². The lowest BCUT2D eigenvalue weighted by molar-refractivity contribution is 0.402. The van der Waals surface area contributed by atoms with Crippen LogP contribution < -0.4 is 10.6 Å². The van der Waals surface area contributed by atoms with E-state index in [-0.39, 0.29) is 0 Å². The van der Waals surface area contributed by atoms with Gasteiger partial charge in [0.05, 0.1) is 6.67 Å². The lowest BCUT2D eigenvalue weighted by atomic mass is 9.91. The molecule has 0 spiro atoms. The molecule has 0 aromatic carbocycles. The van der Waals surface area contributed by atoms with Crippen molar-refractivity contribution >= 4 is 0 Å². The zero-order chi connectivity index (χ0) is 7.61. The van der Waals surface area contributed by atoms with Crippen molar-refractivity contribution in [2.45, 2.75) is 27.2 Å². The van der Waals surface area contributed by atoms with Crippen molar-refractivity contribution in [3.63, 3.8) is 0 Å². The molecule has 0 saturated heterocycles. The molecule has 0 unspecified atom stereocenters. The molecule has 2 heteroatoms.